The number of carbonyl (C=O) groups excluding carboxylic acids is 1. The second kappa shape index (κ2) is 8.02. The summed E-state index contributed by atoms with van der Waals surface area (Å²) in [7, 11) is 0. The summed E-state index contributed by atoms with van der Waals surface area (Å²) in [5.41, 5.74) is 6.13. The fourth-order valence-corrected chi connectivity index (χ4v) is 1.66. The topological polar surface area (TPSA) is 64.4 Å². The third kappa shape index (κ3) is 5.49. The van der Waals surface area contributed by atoms with Crippen molar-refractivity contribution in [1.82, 2.24) is 0 Å². The lowest BCUT2D eigenvalue weighted by Gasteiger charge is -2.12. The van der Waals surface area contributed by atoms with Crippen molar-refractivity contribution in [3.05, 3.63) is 24.3 Å². The Morgan fingerprint density at radius 1 is 1.37 bits per heavy atom. The first-order valence-electron chi connectivity index (χ1n) is 6.51. The monoisotopic (exact) mass is 284 g/mol. The number of hydrogen-bond acceptors (Lipinski definition) is 3. The van der Waals surface area contributed by atoms with E-state index in [0.29, 0.717) is 25.3 Å². The van der Waals surface area contributed by atoms with Crippen LogP contribution < -0.4 is 15.8 Å². The van der Waals surface area contributed by atoms with Crippen LogP contribution >= 0.6 is 12.4 Å². The Labute approximate surface area is 120 Å². The van der Waals surface area contributed by atoms with Crippen LogP contribution in [-0.4, -0.2) is 19.1 Å². The maximum absolute atomic E-state index is 11.7. The molecule has 1 amide bonds. The molecular weight excluding hydrogens is 264 g/mol. The Hall–Kier alpha value is -1.26. The van der Waals surface area contributed by atoms with Gasteiger partial charge in [0.15, 0.2) is 0 Å². The lowest BCUT2D eigenvalue weighted by Crippen LogP contribution is -2.14. The molecule has 0 spiro atoms. The van der Waals surface area contributed by atoms with Crippen molar-refractivity contribution in [2.45, 2.75) is 25.7 Å². The van der Waals surface area contributed by atoms with Gasteiger partial charge in [0.25, 0.3) is 0 Å². The van der Waals surface area contributed by atoms with E-state index >= 15 is 0 Å². The van der Waals surface area contributed by atoms with Crippen molar-refractivity contribution in [2.24, 2.45) is 11.7 Å². The van der Waals surface area contributed by atoms with Crippen LogP contribution in [0.4, 0.5) is 5.69 Å². The molecule has 0 aliphatic heterocycles. The van der Waals surface area contributed by atoms with Gasteiger partial charge in [0.05, 0.1) is 12.3 Å². The summed E-state index contributed by atoms with van der Waals surface area (Å²) in [5.74, 6) is 1.44. The van der Waals surface area contributed by atoms with Gasteiger partial charge in [-0.3, -0.25) is 4.79 Å². The molecule has 1 saturated carbocycles. The quantitative estimate of drug-likeness (QED) is 0.809. The van der Waals surface area contributed by atoms with Crippen LogP contribution in [0, 0.1) is 5.92 Å². The van der Waals surface area contributed by atoms with Crippen LogP contribution in [0.3, 0.4) is 0 Å². The number of benzene rings is 1. The highest BCUT2D eigenvalue weighted by atomic mass is 35.5. The predicted octanol–water partition coefficient (Wildman–Crippen LogP) is 2.57. The molecule has 1 aliphatic rings. The number of nitrogens with one attached hydrogen (secondary N) is 1. The minimum atomic E-state index is -0.0112. The van der Waals surface area contributed by atoms with Crippen LogP contribution in [0.1, 0.15) is 25.7 Å². The van der Waals surface area contributed by atoms with Crippen LogP contribution in [0.5, 0.6) is 5.75 Å². The molecule has 0 radical (unpaired) electrons. The first kappa shape index (κ1) is 15.8. The molecule has 1 aromatic rings. The van der Waals surface area contributed by atoms with Gasteiger partial charge in [-0.05, 0) is 43.9 Å². The number of carbonyl (C=O) groups is 1. The third-order valence-electron chi connectivity index (χ3n) is 2.94. The molecule has 0 unspecified atom stereocenters. The summed E-state index contributed by atoms with van der Waals surface area (Å²) >= 11 is 0. The van der Waals surface area contributed by atoms with Gasteiger partial charge in [-0.1, -0.05) is 12.1 Å². The number of halogens is 1. The van der Waals surface area contributed by atoms with Crippen molar-refractivity contribution in [3.63, 3.8) is 0 Å². The smallest absolute Gasteiger partial charge is 0.224 e. The van der Waals surface area contributed by atoms with E-state index in [0.717, 1.165) is 18.0 Å². The Balaban J connectivity index is 0.00000180. The number of nitrogens with two attached hydrogens (primary N) is 1. The second-order valence-corrected chi connectivity index (χ2v) is 4.69. The van der Waals surface area contributed by atoms with Gasteiger partial charge in [0.2, 0.25) is 5.91 Å². The SMILES string of the molecule is Cl.NCCCC(=O)Nc1ccccc1OCC1CC1. The summed E-state index contributed by atoms with van der Waals surface area (Å²) < 4.78 is 5.73. The Bertz CT molecular complexity index is 408. The van der Waals surface area contributed by atoms with Gasteiger partial charge in [0.1, 0.15) is 5.75 Å². The van der Waals surface area contributed by atoms with Crippen molar-refractivity contribution in [3.8, 4) is 5.75 Å². The minimum absolute atomic E-state index is 0. The number of ether oxygens (including phenoxy) is 1. The lowest BCUT2D eigenvalue weighted by molar-refractivity contribution is -0.116. The summed E-state index contributed by atoms with van der Waals surface area (Å²) in [6.45, 7) is 1.28. The normalized spacial score (nSPS) is 13.5. The van der Waals surface area contributed by atoms with Crippen molar-refractivity contribution < 1.29 is 9.53 Å². The van der Waals surface area contributed by atoms with E-state index in [2.05, 4.69) is 5.32 Å². The maximum Gasteiger partial charge on any atom is 0.224 e. The van der Waals surface area contributed by atoms with E-state index < -0.39 is 0 Å². The van der Waals surface area contributed by atoms with Gasteiger partial charge in [-0.15, -0.1) is 12.4 Å². The van der Waals surface area contributed by atoms with Crippen LogP contribution in [0.25, 0.3) is 0 Å². The number of rotatable bonds is 7. The van der Waals surface area contributed by atoms with Crippen LogP contribution in [-0.2, 0) is 4.79 Å². The molecule has 1 aromatic carbocycles. The summed E-state index contributed by atoms with van der Waals surface area (Å²) in [5, 5.41) is 2.87. The van der Waals surface area contributed by atoms with Gasteiger partial charge >= 0.3 is 0 Å². The molecule has 0 aromatic heterocycles. The largest absolute Gasteiger partial charge is 0.491 e. The Morgan fingerprint density at radius 2 is 2.11 bits per heavy atom. The van der Waals surface area contributed by atoms with Gasteiger partial charge in [-0.2, -0.15) is 0 Å². The van der Waals surface area contributed by atoms with Gasteiger partial charge < -0.3 is 15.8 Å². The van der Waals surface area contributed by atoms with E-state index in [1.54, 1.807) is 0 Å². The Kier molecular flexibility index (Phi) is 6.67. The molecule has 19 heavy (non-hydrogen) atoms. The molecule has 2 rings (SSSR count). The molecular formula is C14H21ClN2O2. The molecule has 3 N–H and O–H groups in total. The van der Waals surface area contributed by atoms with E-state index in [4.69, 9.17) is 10.5 Å². The minimum Gasteiger partial charge on any atom is -0.491 e. The van der Waals surface area contributed by atoms with Crippen LogP contribution in [0.2, 0.25) is 0 Å². The average Bonchev–Trinajstić information content (AvgIpc) is 3.19. The fraction of sp³-hybridized carbons (Fsp3) is 0.500. The number of para-hydroxylation sites is 2. The average molecular weight is 285 g/mol. The molecule has 5 heteroatoms. The third-order valence-corrected chi connectivity index (χ3v) is 2.94. The predicted molar refractivity (Wildman–Crippen MR) is 78.8 cm³/mol. The number of hydrogen-bond donors (Lipinski definition) is 2. The van der Waals surface area contributed by atoms with E-state index in [-0.39, 0.29) is 18.3 Å². The fourth-order valence-electron chi connectivity index (χ4n) is 1.66. The molecule has 0 heterocycles. The summed E-state index contributed by atoms with van der Waals surface area (Å²) in [4.78, 5) is 11.7. The number of amides is 1. The van der Waals surface area contributed by atoms with Crippen molar-refractivity contribution in [1.29, 1.82) is 0 Å². The second-order valence-electron chi connectivity index (χ2n) is 4.69. The van der Waals surface area contributed by atoms with Gasteiger partial charge in [0, 0.05) is 6.42 Å². The van der Waals surface area contributed by atoms with Crippen molar-refractivity contribution in [2.75, 3.05) is 18.5 Å². The van der Waals surface area contributed by atoms with Gasteiger partial charge in [-0.25, -0.2) is 0 Å². The standard InChI is InChI=1S/C14H20N2O2.ClH/c15-9-3-6-14(17)16-12-4-1-2-5-13(12)18-10-11-7-8-11;/h1-2,4-5,11H,3,6-10,15H2,(H,16,17);1H. The highest BCUT2D eigenvalue weighted by Gasteiger charge is 2.22. The molecule has 1 aliphatic carbocycles. The van der Waals surface area contributed by atoms with E-state index in [1.807, 2.05) is 24.3 Å². The van der Waals surface area contributed by atoms with Crippen LogP contribution in [0.15, 0.2) is 24.3 Å². The highest BCUT2D eigenvalue weighted by Crippen LogP contribution is 2.31. The number of anilines is 1. The zero-order valence-corrected chi connectivity index (χ0v) is 11.7. The van der Waals surface area contributed by atoms with E-state index in [9.17, 15) is 4.79 Å². The molecule has 1 fully saturated rings. The molecule has 106 valence electrons. The summed E-state index contributed by atoms with van der Waals surface area (Å²) in [6, 6.07) is 7.56. The molecule has 0 saturated heterocycles. The van der Waals surface area contributed by atoms with Crippen molar-refractivity contribution >= 4 is 24.0 Å². The first-order chi connectivity index (χ1) is 8.79. The zero-order chi connectivity index (χ0) is 12.8. The Morgan fingerprint density at radius 3 is 2.79 bits per heavy atom. The molecule has 4 nitrogen and oxygen atoms in total. The zero-order valence-electron chi connectivity index (χ0n) is 10.9. The summed E-state index contributed by atoms with van der Waals surface area (Å²) in [6.07, 6.45) is 3.67. The molecule has 0 atom stereocenters. The lowest BCUT2D eigenvalue weighted by atomic mass is 10.2. The maximum atomic E-state index is 11.7. The molecule has 0 bridgehead atoms. The van der Waals surface area contributed by atoms with E-state index in [1.165, 1.54) is 12.8 Å². The first-order valence-corrected chi connectivity index (χ1v) is 6.51. The highest BCUT2D eigenvalue weighted by molar-refractivity contribution is 5.92.